The van der Waals surface area contributed by atoms with Gasteiger partial charge in [0.05, 0.1) is 38.9 Å². The van der Waals surface area contributed by atoms with Crippen molar-refractivity contribution < 1.29 is 33.3 Å². The van der Waals surface area contributed by atoms with Crippen molar-refractivity contribution in [2.24, 2.45) is 5.92 Å². The third-order valence-corrected chi connectivity index (χ3v) is 7.03. The highest BCUT2D eigenvalue weighted by Gasteiger charge is 2.49. The minimum atomic E-state index is -1.10. The van der Waals surface area contributed by atoms with E-state index in [-0.39, 0.29) is 13.2 Å². The molecule has 200 valence electrons. The Balaban J connectivity index is 1.93. The van der Waals surface area contributed by atoms with Crippen LogP contribution in [0.5, 0.6) is 11.5 Å². The highest BCUT2D eigenvalue weighted by atomic mass is 16.5. The fraction of sp³-hybridized carbons (Fsp3) is 0.367. The molecule has 3 atom stereocenters. The predicted octanol–water partition coefficient (Wildman–Crippen LogP) is 4.42. The summed E-state index contributed by atoms with van der Waals surface area (Å²) in [6.07, 6.45) is 0.358. The molecule has 0 unspecified atom stereocenters. The van der Waals surface area contributed by atoms with Gasteiger partial charge in [-0.15, -0.1) is 0 Å². The SMILES string of the molecule is CCOC(=O)C1=C(C)NC2=C(C(=O)[C@H](C(=O)OCC)[C@@H](c3cccc(OC)c3)C2)[C@@H]1c1ccccc1OC. The number of ketones is 1. The number of dihydropyridines is 1. The maximum atomic E-state index is 14.4. The zero-order chi connectivity index (χ0) is 27.4. The fourth-order valence-corrected chi connectivity index (χ4v) is 5.42. The minimum absolute atomic E-state index is 0.140. The number of para-hydroxylation sites is 1. The molecule has 2 aromatic carbocycles. The highest BCUT2D eigenvalue weighted by molar-refractivity contribution is 6.13. The number of methoxy groups -OCH3 is 2. The Morgan fingerprint density at radius 2 is 1.71 bits per heavy atom. The summed E-state index contributed by atoms with van der Waals surface area (Å²) in [6, 6.07) is 14.6. The molecule has 4 rings (SSSR count). The highest BCUT2D eigenvalue weighted by Crippen LogP contribution is 2.49. The smallest absolute Gasteiger partial charge is 0.336 e. The molecule has 1 aliphatic carbocycles. The molecule has 1 aliphatic heterocycles. The molecule has 0 aromatic heterocycles. The van der Waals surface area contributed by atoms with Gasteiger partial charge in [-0.1, -0.05) is 30.3 Å². The van der Waals surface area contributed by atoms with Crippen LogP contribution in [0.15, 0.2) is 71.1 Å². The Morgan fingerprint density at radius 1 is 0.974 bits per heavy atom. The van der Waals surface area contributed by atoms with E-state index in [1.807, 2.05) is 42.5 Å². The van der Waals surface area contributed by atoms with Crippen LogP contribution in [0.2, 0.25) is 0 Å². The van der Waals surface area contributed by atoms with Crippen molar-refractivity contribution in [2.75, 3.05) is 27.4 Å². The lowest BCUT2D eigenvalue weighted by Gasteiger charge is -2.39. The van der Waals surface area contributed by atoms with Crippen molar-refractivity contribution in [3.05, 3.63) is 82.2 Å². The first-order valence-corrected chi connectivity index (χ1v) is 12.7. The number of rotatable bonds is 8. The second-order valence-corrected chi connectivity index (χ2v) is 9.13. The van der Waals surface area contributed by atoms with E-state index < -0.39 is 35.5 Å². The number of benzene rings is 2. The standard InChI is InChI=1S/C30H33NO7/c1-6-37-29(33)24-17(3)31-22-16-21(18-11-10-12-19(15-18)35-4)26(30(34)38-7-2)28(32)27(22)25(24)20-13-8-9-14-23(20)36-5/h8-15,21,25-26,31H,6-7,16H2,1-5H3/t21-,25-,26-/m1/s1. The zero-order valence-corrected chi connectivity index (χ0v) is 22.3. The van der Waals surface area contributed by atoms with Gasteiger partial charge in [0, 0.05) is 28.4 Å². The Morgan fingerprint density at radius 3 is 2.39 bits per heavy atom. The van der Waals surface area contributed by atoms with Crippen molar-refractivity contribution in [3.8, 4) is 11.5 Å². The molecule has 1 heterocycles. The molecule has 0 spiro atoms. The van der Waals surface area contributed by atoms with E-state index in [1.54, 1.807) is 41.1 Å². The molecule has 8 nitrogen and oxygen atoms in total. The number of nitrogens with one attached hydrogen (secondary N) is 1. The predicted molar refractivity (Wildman–Crippen MR) is 141 cm³/mol. The number of hydrogen-bond acceptors (Lipinski definition) is 8. The van der Waals surface area contributed by atoms with Gasteiger partial charge in [-0.25, -0.2) is 4.79 Å². The first kappa shape index (κ1) is 27.0. The number of carbonyl (C=O) groups is 3. The molecule has 0 fully saturated rings. The summed E-state index contributed by atoms with van der Waals surface area (Å²) in [5.74, 6) is -2.74. The van der Waals surface area contributed by atoms with Crippen LogP contribution < -0.4 is 14.8 Å². The van der Waals surface area contributed by atoms with E-state index in [9.17, 15) is 14.4 Å². The van der Waals surface area contributed by atoms with Crippen LogP contribution in [-0.2, 0) is 23.9 Å². The number of allylic oxidation sites excluding steroid dienone is 3. The summed E-state index contributed by atoms with van der Waals surface area (Å²) >= 11 is 0. The molecule has 2 aliphatic rings. The summed E-state index contributed by atoms with van der Waals surface area (Å²) in [6.45, 7) is 5.55. The normalized spacial score (nSPS) is 20.9. The third kappa shape index (κ3) is 4.90. The van der Waals surface area contributed by atoms with Gasteiger partial charge in [-0.3, -0.25) is 9.59 Å². The molecule has 8 heteroatoms. The first-order valence-electron chi connectivity index (χ1n) is 12.7. The molecular weight excluding hydrogens is 486 g/mol. The van der Waals surface area contributed by atoms with Gasteiger partial charge in [0.15, 0.2) is 5.78 Å². The quantitative estimate of drug-likeness (QED) is 0.404. The van der Waals surface area contributed by atoms with E-state index in [4.69, 9.17) is 18.9 Å². The number of ether oxygens (including phenoxy) is 4. The summed E-state index contributed by atoms with van der Waals surface area (Å²) in [4.78, 5) is 41.0. The van der Waals surface area contributed by atoms with Crippen molar-refractivity contribution in [3.63, 3.8) is 0 Å². The van der Waals surface area contributed by atoms with Gasteiger partial charge in [0.25, 0.3) is 0 Å². The summed E-state index contributed by atoms with van der Waals surface area (Å²) < 4.78 is 21.8. The van der Waals surface area contributed by atoms with Crippen LogP contribution in [0.4, 0.5) is 0 Å². The molecule has 0 saturated carbocycles. The molecular formula is C30H33NO7. The average molecular weight is 520 g/mol. The van der Waals surface area contributed by atoms with Gasteiger partial charge in [0.2, 0.25) is 0 Å². The maximum absolute atomic E-state index is 14.4. The van der Waals surface area contributed by atoms with Gasteiger partial charge in [-0.05, 0) is 51.0 Å². The van der Waals surface area contributed by atoms with E-state index >= 15 is 0 Å². The average Bonchev–Trinajstić information content (AvgIpc) is 2.92. The Bertz CT molecular complexity index is 1310. The monoisotopic (exact) mass is 519 g/mol. The van der Waals surface area contributed by atoms with Crippen LogP contribution in [0.25, 0.3) is 0 Å². The number of carbonyl (C=O) groups excluding carboxylic acids is 3. The molecule has 2 aromatic rings. The van der Waals surface area contributed by atoms with Gasteiger partial charge in [-0.2, -0.15) is 0 Å². The lowest BCUT2D eigenvalue weighted by Crippen LogP contribution is -2.43. The summed E-state index contributed by atoms with van der Waals surface area (Å²) in [5.41, 5.74) is 3.33. The lowest BCUT2D eigenvalue weighted by atomic mass is 9.67. The van der Waals surface area contributed by atoms with Gasteiger partial charge < -0.3 is 24.3 Å². The van der Waals surface area contributed by atoms with E-state index in [0.717, 1.165) is 5.56 Å². The summed E-state index contributed by atoms with van der Waals surface area (Å²) in [7, 11) is 3.11. The van der Waals surface area contributed by atoms with Crippen molar-refractivity contribution >= 4 is 17.7 Å². The third-order valence-electron chi connectivity index (χ3n) is 7.03. The van der Waals surface area contributed by atoms with E-state index in [0.29, 0.717) is 46.0 Å². The van der Waals surface area contributed by atoms with Crippen LogP contribution in [0.3, 0.4) is 0 Å². The van der Waals surface area contributed by atoms with E-state index in [1.165, 1.54) is 0 Å². The first-order chi connectivity index (χ1) is 18.4. The van der Waals surface area contributed by atoms with Crippen LogP contribution in [0, 0.1) is 5.92 Å². The second-order valence-electron chi connectivity index (χ2n) is 9.13. The topological polar surface area (TPSA) is 100 Å². The second kappa shape index (κ2) is 11.5. The van der Waals surface area contributed by atoms with E-state index in [2.05, 4.69) is 5.32 Å². The molecule has 38 heavy (non-hydrogen) atoms. The molecule has 1 N–H and O–H groups in total. The zero-order valence-electron chi connectivity index (χ0n) is 22.3. The number of esters is 2. The van der Waals surface area contributed by atoms with Crippen molar-refractivity contribution in [1.29, 1.82) is 0 Å². The van der Waals surface area contributed by atoms with Crippen LogP contribution in [-0.4, -0.2) is 45.2 Å². The number of Topliss-reactive ketones (excluding diaryl/α,β-unsaturated/α-hetero) is 1. The largest absolute Gasteiger partial charge is 0.497 e. The van der Waals surface area contributed by atoms with Crippen molar-refractivity contribution in [1.82, 2.24) is 5.32 Å². The molecule has 0 radical (unpaired) electrons. The Labute approximate surface area is 222 Å². The molecule has 0 amide bonds. The lowest BCUT2D eigenvalue weighted by molar-refractivity contribution is -0.152. The van der Waals surface area contributed by atoms with Crippen molar-refractivity contribution in [2.45, 2.75) is 39.0 Å². The maximum Gasteiger partial charge on any atom is 0.336 e. The van der Waals surface area contributed by atoms with Gasteiger partial charge in [0.1, 0.15) is 17.4 Å². The minimum Gasteiger partial charge on any atom is -0.497 e. The number of hydrogen-bond donors (Lipinski definition) is 1. The van der Waals surface area contributed by atoms with Crippen LogP contribution in [0.1, 0.15) is 50.2 Å². The Kier molecular flexibility index (Phi) is 8.20. The summed E-state index contributed by atoms with van der Waals surface area (Å²) in [5, 5.41) is 3.31. The molecule has 0 bridgehead atoms. The molecule has 0 saturated heterocycles. The van der Waals surface area contributed by atoms with Gasteiger partial charge >= 0.3 is 11.9 Å². The van der Waals surface area contributed by atoms with Crippen LogP contribution >= 0.6 is 0 Å². The Hall–Kier alpha value is -4.07. The fourth-order valence-electron chi connectivity index (χ4n) is 5.42.